The molecule has 1 N–H and O–H groups in total. The van der Waals surface area contributed by atoms with Crippen LogP contribution in [0.3, 0.4) is 0 Å². The molecule has 0 fully saturated rings. The van der Waals surface area contributed by atoms with E-state index >= 15 is 0 Å². The summed E-state index contributed by atoms with van der Waals surface area (Å²) in [5.41, 5.74) is 2.38. The Morgan fingerprint density at radius 1 is 1.08 bits per heavy atom. The van der Waals surface area contributed by atoms with Gasteiger partial charge < -0.3 is 15.0 Å². The van der Waals surface area contributed by atoms with Crippen LogP contribution in [0.5, 0.6) is 5.75 Å². The first-order valence-electron chi connectivity index (χ1n) is 12.2. The molecule has 0 spiro atoms. The Bertz CT molecular complexity index is 1120. The average Bonchev–Trinajstić information content (AvgIpc) is 2.84. The largest absolute Gasteiger partial charge is 0.497 e. The Labute approximate surface area is 215 Å². The summed E-state index contributed by atoms with van der Waals surface area (Å²) in [6.07, 6.45) is 2.37. The number of nitrogens with zero attached hydrogens (tertiary/aromatic N) is 2. The van der Waals surface area contributed by atoms with Crippen LogP contribution < -0.4 is 14.4 Å². The number of sulfonamides is 1. The average molecular weight is 518 g/mol. The van der Waals surface area contributed by atoms with Crippen molar-refractivity contribution in [1.82, 2.24) is 10.2 Å². The Balaban J connectivity index is 2.18. The predicted molar refractivity (Wildman–Crippen MR) is 144 cm³/mol. The zero-order chi connectivity index (χ0) is 26.9. The summed E-state index contributed by atoms with van der Waals surface area (Å²) >= 11 is 0. The third-order valence-corrected chi connectivity index (χ3v) is 7.32. The first-order valence-corrected chi connectivity index (χ1v) is 14.1. The van der Waals surface area contributed by atoms with Gasteiger partial charge in [-0.25, -0.2) is 8.42 Å². The molecule has 2 aromatic rings. The van der Waals surface area contributed by atoms with Gasteiger partial charge in [0.15, 0.2) is 0 Å². The molecule has 8 nitrogen and oxygen atoms in total. The molecule has 0 aliphatic carbocycles. The molecule has 0 saturated carbocycles. The topological polar surface area (TPSA) is 96.0 Å². The zero-order valence-corrected chi connectivity index (χ0v) is 23.0. The van der Waals surface area contributed by atoms with Crippen molar-refractivity contribution >= 4 is 27.5 Å². The van der Waals surface area contributed by atoms with Crippen molar-refractivity contribution in [3.8, 4) is 5.75 Å². The number of hydrogen-bond donors (Lipinski definition) is 1. The Morgan fingerprint density at radius 2 is 1.75 bits per heavy atom. The quantitative estimate of drug-likeness (QED) is 0.435. The lowest BCUT2D eigenvalue weighted by Crippen LogP contribution is -2.49. The van der Waals surface area contributed by atoms with Crippen LogP contribution in [-0.4, -0.2) is 57.1 Å². The van der Waals surface area contributed by atoms with Gasteiger partial charge in [-0.15, -0.1) is 0 Å². The first-order chi connectivity index (χ1) is 17.0. The zero-order valence-electron chi connectivity index (χ0n) is 22.2. The fraction of sp³-hybridized carbons (Fsp3) is 0.481. The van der Waals surface area contributed by atoms with E-state index in [1.807, 2.05) is 57.2 Å². The van der Waals surface area contributed by atoms with Gasteiger partial charge in [0.2, 0.25) is 21.8 Å². The molecule has 0 saturated heterocycles. The van der Waals surface area contributed by atoms with Gasteiger partial charge in [0.05, 0.1) is 19.1 Å². The van der Waals surface area contributed by atoms with Gasteiger partial charge in [-0.2, -0.15) is 0 Å². The molecule has 0 radical (unpaired) electrons. The highest BCUT2D eigenvalue weighted by Crippen LogP contribution is 2.21. The SMILES string of the molecule is CC[C@@H](C)NC(=O)[C@@H](C)N(Cc1ccc(OC)cc1)C(=O)CCCN(c1cccc(C)c1)S(C)(=O)=O. The van der Waals surface area contributed by atoms with Gasteiger partial charge in [0.1, 0.15) is 11.8 Å². The molecule has 0 bridgehead atoms. The van der Waals surface area contributed by atoms with Gasteiger partial charge in [-0.05, 0) is 69.0 Å². The van der Waals surface area contributed by atoms with Crippen molar-refractivity contribution in [2.45, 2.75) is 65.6 Å². The number of carbonyl (C=O) groups excluding carboxylic acids is 2. The molecular weight excluding hydrogens is 478 g/mol. The van der Waals surface area contributed by atoms with Gasteiger partial charge in [0.25, 0.3) is 0 Å². The summed E-state index contributed by atoms with van der Waals surface area (Å²) in [6.45, 7) is 7.94. The molecule has 2 rings (SSSR count). The Kier molecular flexibility index (Phi) is 10.8. The lowest BCUT2D eigenvalue weighted by Gasteiger charge is -2.30. The molecule has 2 atom stereocenters. The maximum absolute atomic E-state index is 13.3. The van der Waals surface area contributed by atoms with E-state index in [-0.39, 0.29) is 37.4 Å². The fourth-order valence-electron chi connectivity index (χ4n) is 3.76. The van der Waals surface area contributed by atoms with Gasteiger partial charge in [-0.3, -0.25) is 13.9 Å². The van der Waals surface area contributed by atoms with Crippen molar-refractivity contribution in [2.24, 2.45) is 0 Å². The monoisotopic (exact) mass is 517 g/mol. The van der Waals surface area contributed by atoms with Gasteiger partial charge in [-0.1, -0.05) is 31.2 Å². The molecule has 2 amide bonds. The minimum absolute atomic E-state index is 0.00413. The van der Waals surface area contributed by atoms with Crippen LogP contribution in [0, 0.1) is 6.92 Å². The van der Waals surface area contributed by atoms with Crippen LogP contribution in [0.15, 0.2) is 48.5 Å². The molecule has 9 heteroatoms. The van der Waals surface area contributed by atoms with Crippen molar-refractivity contribution < 1.29 is 22.7 Å². The third kappa shape index (κ3) is 8.55. The van der Waals surface area contributed by atoms with E-state index < -0.39 is 16.1 Å². The molecule has 0 heterocycles. The van der Waals surface area contributed by atoms with Gasteiger partial charge in [0, 0.05) is 25.6 Å². The minimum atomic E-state index is -3.52. The van der Waals surface area contributed by atoms with E-state index in [1.165, 1.54) is 4.31 Å². The van der Waals surface area contributed by atoms with E-state index in [0.29, 0.717) is 17.9 Å². The normalized spacial score (nSPS) is 12.9. The van der Waals surface area contributed by atoms with E-state index in [9.17, 15) is 18.0 Å². The highest BCUT2D eigenvalue weighted by molar-refractivity contribution is 7.92. The van der Waals surface area contributed by atoms with E-state index in [1.54, 1.807) is 31.1 Å². The molecule has 0 aromatic heterocycles. The second-order valence-corrected chi connectivity index (χ2v) is 11.0. The fourth-order valence-corrected chi connectivity index (χ4v) is 4.72. The van der Waals surface area contributed by atoms with Crippen molar-refractivity contribution in [3.63, 3.8) is 0 Å². The smallest absolute Gasteiger partial charge is 0.242 e. The van der Waals surface area contributed by atoms with Crippen molar-refractivity contribution in [1.29, 1.82) is 0 Å². The Hall–Kier alpha value is -3.07. The minimum Gasteiger partial charge on any atom is -0.497 e. The number of amides is 2. The molecule has 36 heavy (non-hydrogen) atoms. The number of methoxy groups -OCH3 is 1. The Morgan fingerprint density at radius 3 is 2.31 bits per heavy atom. The van der Waals surface area contributed by atoms with E-state index in [0.717, 1.165) is 23.8 Å². The number of carbonyl (C=O) groups is 2. The van der Waals surface area contributed by atoms with Crippen molar-refractivity contribution in [2.75, 3.05) is 24.2 Å². The van der Waals surface area contributed by atoms with Crippen LogP contribution in [0.25, 0.3) is 0 Å². The predicted octanol–water partition coefficient (Wildman–Crippen LogP) is 3.88. The van der Waals surface area contributed by atoms with Crippen LogP contribution in [-0.2, 0) is 26.2 Å². The first kappa shape index (κ1) is 29.2. The molecule has 0 aliphatic heterocycles. The summed E-state index contributed by atoms with van der Waals surface area (Å²) in [6, 6.07) is 13.9. The summed E-state index contributed by atoms with van der Waals surface area (Å²) in [5, 5.41) is 2.95. The second kappa shape index (κ2) is 13.3. The van der Waals surface area contributed by atoms with E-state index in [4.69, 9.17) is 4.74 Å². The highest BCUT2D eigenvalue weighted by Gasteiger charge is 2.27. The number of hydrogen-bond acceptors (Lipinski definition) is 5. The van der Waals surface area contributed by atoms with Crippen LogP contribution in [0.1, 0.15) is 51.2 Å². The number of rotatable bonds is 13. The number of anilines is 1. The molecule has 0 aliphatic rings. The molecular formula is C27H39N3O5S. The summed E-state index contributed by atoms with van der Waals surface area (Å²) in [4.78, 5) is 27.8. The van der Waals surface area contributed by atoms with Gasteiger partial charge >= 0.3 is 0 Å². The molecule has 0 unspecified atom stereocenters. The lowest BCUT2D eigenvalue weighted by atomic mass is 10.1. The number of ether oxygens (including phenoxy) is 1. The van der Waals surface area contributed by atoms with Crippen LogP contribution in [0.4, 0.5) is 5.69 Å². The summed E-state index contributed by atoms with van der Waals surface area (Å²) < 4.78 is 31.4. The molecule has 198 valence electrons. The second-order valence-electron chi connectivity index (χ2n) is 9.14. The highest BCUT2D eigenvalue weighted by atomic mass is 32.2. The van der Waals surface area contributed by atoms with Crippen LogP contribution in [0.2, 0.25) is 0 Å². The summed E-state index contributed by atoms with van der Waals surface area (Å²) in [5.74, 6) is 0.273. The van der Waals surface area contributed by atoms with Crippen LogP contribution >= 0.6 is 0 Å². The van der Waals surface area contributed by atoms with Crippen molar-refractivity contribution in [3.05, 3.63) is 59.7 Å². The maximum atomic E-state index is 13.3. The molecule has 2 aromatic carbocycles. The third-order valence-electron chi connectivity index (χ3n) is 6.12. The number of aryl methyl sites for hydroxylation is 1. The maximum Gasteiger partial charge on any atom is 0.242 e. The number of nitrogens with one attached hydrogen (secondary N) is 1. The summed E-state index contributed by atoms with van der Waals surface area (Å²) in [7, 11) is -1.94. The standard InChI is InChI=1S/C27H39N3O5S/c1-7-21(3)28-27(32)22(4)29(19-23-13-15-25(35-5)16-14-23)26(31)12-9-17-30(36(6,33)34)24-11-8-10-20(2)18-24/h8,10-11,13-16,18,21-22H,7,9,12,17,19H2,1-6H3,(H,28,32)/t21-,22-/m1/s1. The lowest BCUT2D eigenvalue weighted by molar-refractivity contribution is -0.140. The van der Waals surface area contributed by atoms with E-state index in [2.05, 4.69) is 5.32 Å². The number of benzene rings is 2.